The third-order valence-corrected chi connectivity index (χ3v) is 8.12. The van der Waals surface area contributed by atoms with Crippen LogP contribution in [-0.2, 0) is 6.54 Å². The van der Waals surface area contributed by atoms with E-state index >= 15 is 0 Å². The molecule has 0 radical (unpaired) electrons. The maximum absolute atomic E-state index is 12.8. The standard InChI is InChI=1S/C19H25N3O2S/c1-11(19-7-12-4-13(8-19)6-14(5-12)9-19)21-16(23)15-10-20-18-22(17(15)24)2-3-25-18/h10-14H,2-9H2,1H3,(H,21,23)/t11-,12?,13?,14?,19?/m1/s1. The van der Waals surface area contributed by atoms with Crippen LogP contribution < -0.4 is 10.9 Å². The van der Waals surface area contributed by atoms with Crippen molar-refractivity contribution in [2.24, 2.45) is 23.2 Å². The van der Waals surface area contributed by atoms with Gasteiger partial charge in [-0.2, -0.15) is 0 Å². The summed E-state index contributed by atoms with van der Waals surface area (Å²) < 4.78 is 1.63. The van der Waals surface area contributed by atoms with Gasteiger partial charge in [0.05, 0.1) is 0 Å². The fourth-order valence-electron chi connectivity index (χ4n) is 6.31. The lowest BCUT2D eigenvalue weighted by Gasteiger charge is -2.59. The molecule has 4 saturated carbocycles. The second kappa shape index (κ2) is 5.60. The Hall–Kier alpha value is -1.30. The van der Waals surface area contributed by atoms with E-state index in [1.807, 2.05) is 0 Å². The molecule has 6 rings (SSSR count). The number of carbonyl (C=O) groups is 1. The Kier molecular flexibility index (Phi) is 3.56. The SMILES string of the molecule is C[C@@H](NC(=O)c1cnc2n(c1=O)CCS2)C12CC3CC(CC(C3)C1)C2. The largest absolute Gasteiger partial charge is 0.349 e. The second-order valence-corrected chi connectivity index (χ2v) is 9.80. The summed E-state index contributed by atoms with van der Waals surface area (Å²) in [5, 5.41) is 3.92. The number of fused-ring (bicyclic) bond motifs is 1. The van der Waals surface area contributed by atoms with Crippen molar-refractivity contribution >= 4 is 17.7 Å². The Morgan fingerprint density at radius 1 is 1.28 bits per heavy atom. The van der Waals surface area contributed by atoms with Crippen LogP contribution in [0.15, 0.2) is 16.1 Å². The molecule has 25 heavy (non-hydrogen) atoms. The predicted molar refractivity (Wildman–Crippen MR) is 96.8 cm³/mol. The Morgan fingerprint density at radius 2 is 1.92 bits per heavy atom. The Morgan fingerprint density at radius 3 is 2.56 bits per heavy atom. The zero-order valence-corrected chi connectivity index (χ0v) is 15.5. The molecule has 0 spiro atoms. The number of aromatic nitrogens is 2. The fourth-order valence-corrected chi connectivity index (χ4v) is 7.22. The average molecular weight is 359 g/mol. The topological polar surface area (TPSA) is 64.0 Å². The van der Waals surface area contributed by atoms with E-state index < -0.39 is 0 Å². The van der Waals surface area contributed by atoms with E-state index in [-0.39, 0.29) is 28.5 Å². The summed E-state index contributed by atoms with van der Waals surface area (Å²) >= 11 is 1.58. The minimum atomic E-state index is -0.243. The first kappa shape index (κ1) is 15.9. The van der Waals surface area contributed by atoms with Gasteiger partial charge in [0, 0.05) is 24.5 Å². The van der Waals surface area contributed by atoms with E-state index in [1.165, 1.54) is 44.7 Å². The van der Waals surface area contributed by atoms with Crippen LogP contribution in [0.25, 0.3) is 0 Å². The lowest BCUT2D eigenvalue weighted by Crippen LogP contribution is -2.56. The Bertz CT molecular complexity index is 752. The van der Waals surface area contributed by atoms with Gasteiger partial charge in [-0.25, -0.2) is 4.98 Å². The second-order valence-electron chi connectivity index (χ2n) is 8.73. The molecule has 2 heterocycles. The van der Waals surface area contributed by atoms with Gasteiger partial charge >= 0.3 is 0 Å². The molecule has 134 valence electrons. The first-order chi connectivity index (χ1) is 12.0. The van der Waals surface area contributed by atoms with E-state index in [0.29, 0.717) is 6.54 Å². The molecule has 6 heteroatoms. The lowest BCUT2D eigenvalue weighted by molar-refractivity contribution is -0.0688. The molecule has 0 unspecified atom stereocenters. The molecule has 5 aliphatic rings. The monoisotopic (exact) mass is 359 g/mol. The van der Waals surface area contributed by atoms with Gasteiger partial charge in [0.15, 0.2) is 5.16 Å². The van der Waals surface area contributed by atoms with Crippen LogP contribution in [0.5, 0.6) is 0 Å². The summed E-state index contributed by atoms with van der Waals surface area (Å²) in [4.78, 5) is 29.7. The minimum absolute atomic E-state index is 0.125. The number of rotatable bonds is 3. The van der Waals surface area contributed by atoms with Gasteiger partial charge in [0.2, 0.25) is 0 Å². The Labute approximate surface area is 152 Å². The van der Waals surface area contributed by atoms with E-state index in [9.17, 15) is 9.59 Å². The third kappa shape index (κ3) is 2.47. The van der Waals surface area contributed by atoms with Crippen LogP contribution in [0.3, 0.4) is 0 Å². The van der Waals surface area contributed by atoms with Crippen LogP contribution in [-0.4, -0.2) is 27.3 Å². The van der Waals surface area contributed by atoms with Gasteiger partial charge < -0.3 is 5.32 Å². The maximum atomic E-state index is 12.8. The van der Waals surface area contributed by atoms with Crippen molar-refractivity contribution in [1.82, 2.24) is 14.9 Å². The highest BCUT2D eigenvalue weighted by Crippen LogP contribution is 2.61. The van der Waals surface area contributed by atoms with Crippen molar-refractivity contribution in [1.29, 1.82) is 0 Å². The van der Waals surface area contributed by atoms with Crippen LogP contribution >= 0.6 is 11.8 Å². The molecule has 1 amide bonds. The van der Waals surface area contributed by atoms with Crippen molar-refractivity contribution in [3.05, 3.63) is 22.1 Å². The molecule has 5 nitrogen and oxygen atoms in total. The van der Waals surface area contributed by atoms with E-state index in [2.05, 4.69) is 17.2 Å². The molecule has 1 aromatic heterocycles. The molecule has 1 aliphatic heterocycles. The number of hydrogen-bond donors (Lipinski definition) is 1. The molecule has 4 aliphatic carbocycles. The number of amides is 1. The lowest BCUT2D eigenvalue weighted by atomic mass is 9.48. The van der Waals surface area contributed by atoms with Gasteiger partial charge in [-0.3, -0.25) is 14.2 Å². The molecule has 0 saturated heterocycles. The van der Waals surface area contributed by atoms with Crippen molar-refractivity contribution in [3.8, 4) is 0 Å². The van der Waals surface area contributed by atoms with Crippen LogP contribution in [0.1, 0.15) is 55.8 Å². The van der Waals surface area contributed by atoms with Crippen LogP contribution in [0.4, 0.5) is 0 Å². The van der Waals surface area contributed by atoms with Crippen molar-refractivity contribution in [3.63, 3.8) is 0 Å². The normalized spacial score (nSPS) is 36.3. The molecular formula is C19H25N3O2S. The highest BCUT2D eigenvalue weighted by molar-refractivity contribution is 7.99. The molecule has 4 fully saturated rings. The maximum Gasteiger partial charge on any atom is 0.267 e. The molecule has 1 aromatic rings. The first-order valence-corrected chi connectivity index (χ1v) is 10.6. The van der Waals surface area contributed by atoms with Gasteiger partial charge in [-0.15, -0.1) is 0 Å². The van der Waals surface area contributed by atoms with Crippen molar-refractivity contribution in [2.45, 2.75) is 63.2 Å². The molecule has 1 N–H and O–H groups in total. The van der Waals surface area contributed by atoms with E-state index in [1.54, 1.807) is 16.3 Å². The third-order valence-electron chi connectivity index (χ3n) is 7.15. The average Bonchev–Trinajstić information content (AvgIpc) is 3.03. The van der Waals surface area contributed by atoms with Crippen molar-refractivity contribution in [2.75, 3.05) is 5.75 Å². The summed E-state index contributed by atoms with van der Waals surface area (Å²) in [6.07, 6.45) is 9.40. The van der Waals surface area contributed by atoms with Crippen molar-refractivity contribution < 1.29 is 4.79 Å². The summed E-state index contributed by atoms with van der Waals surface area (Å²) in [5.41, 5.74) is 0.258. The van der Waals surface area contributed by atoms with E-state index in [4.69, 9.17) is 0 Å². The number of thioether (sulfide) groups is 1. The summed E-state index contributed by atoms with van der Waals surface area (Å²) in [5.74, 6) is 3.18. The number of carbonyl (C=O) groups excluding carboxylic acids is 1. The summed E-state index contributed by atoms with van der Waals surface area (Å²) in [6.45, 7) is 2.80. The van der Waals surface area contributed by atoms with Gasteiger partial charge in [0.1, 0.15) is 5.56 Å². The minimum Gasteiger partial charge on any atom is -0.349 e. The van der Waals surface area contributed by atoms with Crippen LogP contribution in [0.2, 0.25) is 0 Å². The Balaban J connectivity index is 1.37. The van der Waals surface area contributed by atoms with Gasteiger partial charge in [-0.05, 0) is 68.6 Å². The van der Waals surface area contributed by atoms with Gasteiger partial charge in [-0.1, -0.05) is 11.8 Å². The molecule has 4 bridgehead atoms. The summed E-state index contributed by atoms with van der Waals surface area (Å²) in [7, 11) is 0. The van der Waals surface area contributed by atoms with E-state index in [0.717, 1.165) is 28.7 Å². The fraction of sp³-hybridized carbons (Fsp3) is 0.737. The summed E-state index contributed by atoms with van der Waals surface area (Å²) in [6, 6.07) is 0.125. The zero-order chi connectivity index (χ0) is 17.2. The highest BCUT2D eigenvalue weighted by atomic mass is 32.2. The quantitative estimate of drug-likeness (QED) is 0.843. The van der Waals surface area contributed by atoms with Crippen LogP contribution in [0, 0.1) is 23.2 Å². The molecule has 0 aromatic carbocycles. The number of nitrogens with zero attached hydrogens (tertiary/aromatic N) is 2. The number of hydrogen-bond acceptors (Lipinski definition) is 4. The highest BCUT2D eigenvalue weighted by Gasteiger charge is 2.53. The smallest absolute Gasteiger partial charge is 0.267 e. The van der Waals surface area contributed by atoms with Gasteiger partial charge in [0.25, 0.3) is 11.5 Å². The molecule has 1 atom stereocenters. The number of nitrogens with one attached hydrogen (secondary N) is 1. The predicted octanol–water partition coefficient (Wildman–Crippen LogP) is 2.68. The zero-order valence-electron chi connectivity index (χ0n) is 14.7. The molecular weight excluding hydrogens is 334 g/mol. The first-order valence-electron chi connectivity index (χ1n) is 9.57.